The predicted molar refractivity (Wildman–Crippen MR) is 81.6 cm³/mol. The summed E-state index contributed by atoms with van der Waals surface area (Å²) in [4.78, 5) is 27.3. The number of nitrogens with one attached hydrogen (secondary N) is 1. The molecule has 0 aromatic carbocycles. The molecule has 2 aromatic heterocycles. The first-order chi connectivity index (χ1) is 9.47. The molecule has 2 heterocycles. The van der Waals surface area contributed by atoms with Gasteiger partial charge >= 0.3 is 0 Å². The van der Waals surface area contributed by atoms with Crippen molar-refractivity contribution in [3.05, 3.63) is 34.0 Å². The van der Waals surface area contributed by atoms with E-state index < -0.39 is 0 Å². The summed E-state index contributed by atoms with van der Waals surface area (Å²) >= 11 is 1.43. The van der Waals surface area contributed by atoms with Crippen molar-refractivity contribution in [2.24, 2.45) is 7.05 Å². The Kier molecular flexibility index (Phi) is 5.64. The van der Waals surface area contributed by atoms with Crippen molar-refractivity contribution in [3.63, 3.8) is 0 Å². The van der Waals surface area contributed by atoms with Crippen LogP contribution in [-0.4, -0.2) is 21.2 Å². The molecule has 0 aliphatic carbocycles. The van der Waals surface area contributed by atoms with E-state index >= 15 is 0 Å². The van der Waals surface area contributed by atoms with Crippen LogP contribution < -0.4 is 5.32 Å². The molecule has 0 saturated carbocycles. The summed E-state index contributed by atoms with van der Waals surface area (Å²) in [6.07, 6.45) is 1.70. The quantitative estimate of drug-likeness (QED) is 0.883. The highest BCUT2D eigenvalue weighted by atomic mass is 32.1. The topological polar surface area (TPSA) is 64.0 Å². The van der Waals surface area contributed by atoms with E-state index in [1.54, 1.807) is 29.3 Å². The zero-order valence-corrected chi connectivity index (χ0v) is 13.2. The molecule has 0 bridgehead atoms. The van der Waals surface area contributed by atoms with Crippen molar-refractivity contribution in [3.8, 4) is 0 Å². The maximum atomic E-state index is 11.9. The lowest BCUT2D eigenvalue weighted by molar-refractivity contribution is 0.100. The van der Waals surface area contributed by atoms with Crippen LogP contribution >= 0.6 is 11.3 Å². The molecule has 1 N–H and O–H groups in total. The van der Waals surface area contributed by atoms with Gasteiger partial charge in [0.15, 0.2) is 5.78 Å². The van der Waals surface area contributed by atoms with E-state index in [0.29, 0.717) is 17.1 Å². The first-order valence-electron chi connectivity index (χ1n) is 6.38. The van der Waals surface area contributed by atoms with E-state index in [9.17, 15) is 9.59 Å². The molecular weight excluding hydrogens is 274 g/mol. The molecule has 2 aromatic rings. The third kappa shape index (κ3) is 3.77. The maximum absolute atomic E-state index is 11.9. The molecule has 0 spiro atoms. The van der Waals surface area contributed by atoms with Crippen molar-refractivity contribution in [1.82, 2.24) is 9.55 Å². The number of aromatic nitrogens is 2. The number of hydrogen-bond acceptors (Lipinski definition) is 4. The summed E-state index contributed by atoms with van der Waals surface area (Å²) in [5, 5.41) is 5.27. The van der Waals surface area contributed by atoms with Crippen LogP contribution in [0.1, 0.15) is 46.8 Å². The number of aryl methyl sites for hydroxylation is 2. The van der Waals surface area contributed by atoms with E-state index in [1.807, 2.05) is 20.8 Å². The fourth-order valence-corrected chi connectivity index (χ4v) is 2.24. The fraction of sp³-hybridized carbons (Fsp3) is 0.357. The van der Waals surface area contributed by atoms with Gasteiger partial charge < -0.3 is 9.88 Å². The van der Waals surface area contributed by atoms with Gasteiger partial charge in [-0.1, -0.05) is 13.8 Å². The van der Waals surface area contributed by atoms with Gasteiger partial charge in [0.2, 0.25) is 0 Å². The van der Waals surface area contributed by atoms with Gasteiger partial charge in [-0.2, -0.15) is 0 Å². The van der Waals surface area contributed by atoms with Crippen LogP contribution in [0, 0.1) is 6.92 Å². The number of ketones is 1. The summed E-state index contributed by atoms with van der Waals surface area (Å²) in [5.41, 5.74) is 1.55. The Morgan fingerprint density at radius 1 is 1.35 bits per heavy atom. The summed E-state index contributed by atoms with van der Waals surface area (Å²) in [5.74, 6) is -0.303. The molecule has 20 heavy (non-hydrogen) atoms. The normalized spacial score (nSPS) is 9.65. The Morgan fingerprint density at radius 3 is 2.45 bits per heavy atom. The second-order valence-electron chi connectivity index (χ2n) is 3.99. The maximum Gasteiger partial charge on any atom is 0.275 e. The highest BCUT2D eigenvalue weighted by Crippen LogP contribution is 2.15. The lowest BCUT2D eigenvalue weighted by Crippen LogP contribution is -2.11. The SMILES string of the molecule is CC.CC(=O)c1cc(NC(=O)c2csc(C)n2)cn1C. The smallest absolute Gasteiger partial charge is 0.275 e. The van der Waals surface area contributed by atoms with Crippen LogP contribution in [0.25, 0.3) is 0 Å². The van der Waals surface area contributed by atoms with E-state index in [-0.39, 0.29) is 11.7 Å². The van der Waals surface area contributed by atoms with E-state index in [2.05, 4.69) is 10.3 Å². The molecule has 0 atom stereocenters. The van der Waals surface area contributed by atoms with Crippen molar-refractivity contribution >= 4 is 28.7 Å². The second-order valence-corrected chi connectivity index (χ2v) is 5.05. The standard InChI is InChI=1S/C12H13N3O2S.C2H6/c1-7(16)11-4-9(5-15(11)3)14-12(17)10-6-18-8(2)13-10;1-2/h4-6H,1-3H3,(H,14,17);1-2H3. The molecule has 0 fully saturated rings. The van der Waals surface area contributed by atoms with E-state index in [1.165, 1.54) is 18.3 Å². The number of rotatable bonds is 3. The average molecular weight is 293 g/mol. The van der Waals surface area contributed by atoms with Gasteiger partial charge in [-0.15, -0.1) is 11.3 Å². The third-order valence-electron chi connectivity index (χ3n) is 2.48. The summed E-state index contributed by atoms with van der Waals surface area (Å²) < 4.78 is 1.68. The molecule has 5 nitrogen and oxygen atoms in total. The first-order valence-corrected chi connectivity index (χ1v) is 7.26. The van der Waals surface area contributed by atoms with Crippen molar-refractivity contribution in [2.75, 3.05) is 5.32 Å². The van der Waals surface area contributed by atoms with E-state index in [0.717, 1.165) is 5.01 Å². The lowest BCUT2D eigenvalue weighted by atomic mass is 10.3. The second kappa shape index (κ2) is 7.00. The minimum absolute atomic E-state index is 0.0394. The third-order valence-corrected chi connectivity index (χ3v) is 3.25. The van der Waals surface area contributed by atoms with Crippen LogP contribution in [0.3, 0.4) is 0 Å². The zero-order valence-electron chi connectivity index (χ0n) is 12.4. The molecule has 108 valence electrons. The van der Waals surface area contributed by atoms with Crippen LogP contribution in [0.4, 0.5) is 5.69 Å². The summed E-state index contributed by atoms with van der Waals surface area (Å²) in [6.45, 7) is 7.34. The van der Waals surface area contributed by atoms with Crippen LogP contribution in [0.15, 0.2) is 17.6 Å². The monoisotopic (exact) mass is 293 g/mol. The average Bonchev–Trinajstić information content (AvgIpc) is 2.98. The van der Waals surface area contributed by atoms with Crippen LogP contribution in [-0.2, 0) is 7.05 Å². The van der Waals surface area contributed by atoms with Crippen molar-refractivity contribution in [1.29, 1.82) is 0 Å². The highest BCUT2D eigenvalue weighted by molar-refractivity contribution is 7.09. The van der Waals surface area contributed by atoms with Gasteiger partial charge in [-0.25, -0.2) is 4.98 Å². The number of anilines is 1. The molecule has 0 radical (unpaired) electrons. The highest BCUT2D eigenvalue weighted by Gasteiger charge is 2.12. The molecular formula is C14H19N3O2S. The number of amides is 1. The summed E-state index contributed by atoms with van der Waals surface area (Å²) in [6, 6.07) is 1.65. The zero-order chi connectivity index (χ0) is 15.3. The Labute approximate surface area is 122 Å². The van der Waals surface area contributed by atoms with Gasteiger partial charge in [-0.05, 0) is 13.0 Å². The molecule has 0 aliphatic rings. The molecule has 1 amide bonds. The fourth-order valence-electron chi connectivity index (χ4n) is 1.65. The van der Waals surface area contributed by atoms with Crippen LogP contribution in [0.5, 0.6) is 0 Å². The number of thiazole rings is 1. The largest absolute Gasteiger partial charge is 0.346 e. The Balaban J connectivity index is 0.000000956. The lowest BCUT2D eigenvalue weighted by Gasteiger charge is -1.98. The Morgan fingerprint density at radius 2 is 2.00 bits per heavy atom. The van der Waals surface area contributed by atoms with E-state index in [4.69, 9.17) is 0 Å². The van der Waals surface area contributed by atoms with Crippen molar-refractivity contribution in [2.45, 2.75) is 27.7 Å². The number of nitrogens with zero attached hydrogens (tertiary/aromatic N) is 2. The number of carbonyl (C=O) groups is 2. The van der Waals surface area contributed by atoms with Crippen molar-refractivity contribution < 1.29 is 9.59 Å². The minimum Gasteiger partial charge on any atom is -0.346 e. The van der Waals surface area contributed by atoms with Gasteiger partial charge in [0.25, 0.3) is 5.91 Å². The number of carbonyl (C=O) groups excluding carboxylic acids is 2. The predicted octanol–water partition coefficient (Wildman–Crippen LogP) is 3.27. The van der Waals surface area contributed by atoms with Gasteiger partial charge in [0.1, 0.15) is 5.69 Å². The first kappa shape index (κ1) is 16.1. The summed E-state index contributed by atoms with van der Waals surface area (Å²) in [7, 11) is 1.76. The van der Waals surface area contributed by atoms with Gasteiger partial charge in [0, 0.05) is 25.5 Å². The molecule has 0 saturated heterocycles. The molecule has 2 rings (SSSR count). The molecule has 0 unspecified atom stereocenters. The minimum atomic E-state index is -0.264. The number of Topliss-reactive ketones (excluding diaryl/α,β-unsaturated/α-hetero) is 1. The van der Waals surface area contributed by atoms with Crippen LogP contribution in [0.2, 0.25) is 0 Å². The number of hydrogen-bond donors (Lipinski definition) is 1. The van der Waals surface area contributed by atoms with Gasteiger partial charge in [0.05, 0.1) is 16.4 Å². The molecule has 6 heteroatoms. The molecule has 0 aliphatic heterocycles. The van der Waals surface area contributed by atoms with Gasteiger partial charge in [-0.3, -0.25) is 9.59 Å². The Hall–Kier alpha value is -1.95. The Bertz CT molecular complexity index is 614.